The zero-order chi connectivity index (χ0) is 11.4. The van der Waals surface area contributed by atoms with Gasteiger partial charge in [0.05, 0.1) is 7.11 Å². The van der Waals surface area contributed by atoms with Gasteiger partial charge in [-0.2, -0.15) is 0 Å². The number of carbonyl (C=O) groups excluding carboxylic acids is 1. The number of amides is 1. The summed E-state index contributed by atoms with van der Waals surface area (Å²) < 4.78 is 4.58. The average Bonchev–Trinajstić information content (AvgIpc) is 2.83. The van der Waals surface area contributed by atoms with Crippen LogP contribution in [0.3, 0.4) is 0 Å². The highest BCUT2D eigenvalue weighted by Crippen LogP contribution is 2.33. The van der Waals surface area contributed by atoms with Crippen molar-refractivity contribution in [1.82, 2.24) is 15.5 Å². The Bertz CT molecular complexity index is 334. The van der Waals surface area contributed by atoms with Crippen LogP contribution in [-0.2, 0) is 4.74 Å². The molecule has 0 radical (unpaired) electrons. The number of methoxy groups -OCH3 is 1. The summed E-state index contributed by atoms with van der Waals surface area (Å²) in [7, 11) is 1.39. The first-order valence-electron chi connectivity index (χ1n) is 5.40. The third-order valence-electron chi connectivity index (χ3n) is 2.96. The number of alkyl carbamates (subject to hydrolysis) is 1. The van der Waals surface area contributed by atoms with Crippen molar-refractivity contribution >= 4 is 17.4 Å². The van der Waals surface area contributed by atoms with Crippen molar-refractivity contribution in [1.29, 1.82) is 0 Å². The van der Waals surface area contributed by atoms with Gasteiger partial charge in [0.1, 0.15) is 10.5 Å². The summed E-state index contributed by atoms with van der Waals surface area (Å²) in [4.78, 5) is 11.0. The number of hydrogen-bond donors (Lipinski definition) is 1. The second-order valence-corrected chi connectivity index (χ2v) is 4.83. The molecule has 5 nitrogen and oxygen atoms in total. The molecule has 0 atom stereocenters. The smallest absolute Gasteiger partial charge is 0.407 e. The Balaban J connectivity index is 1.81. The van der Waals surface area contributed by atoms with E-state index in [2.05, 4.69) is 20.3 Å². The van der Waals surface area contributed by atoms with Crippen molar-refractivity contribution in [2.75, 3.05) is 7.11 Å². The molecule has 6 heteroatoms. The lowest BCUT2D eigenvalue weighted by Gasteiger charge is -2.27. The zero-order valence-electron chi connectivity index (χ0n) is 9.18. The highest BCUT2D eigenvalue weighted by atomic mass is 32.1. The van der Waals surface area contributed by atoms with E-state index in [1.54, 1.807) is 16.8 Å². The second kappa shape index (κ2) is 5.25. The van der Waals surface area contributed by atoms with E-state index in [4.69, 9.17) is 0 Å². The van der Waals surface area contributed by atoms with E-state index in [1.165, 1.54) is 7.11 Å². The van der Waals surface area contributed by atoms with Crippen LogP contribution in [0.25, 0.3) is 0 Å². The van der Waals surface area contributed by atoms with Gasteiger partial charge >= 0.3 is 6.09 Å². The average molecular weight is 241 g/mol. The van der Waals surface area contributed by atoms with E-state index in [0.717, 1.165) is 30.7 Å². The normalized spacial score (nSPS) is 25.1. The summed E-state index contributed by atoms with van der Waals surface area (Å²) in [5, 5.41) is 11.9. The van der Waals surface area contributed by atoms with Gasteiger partial charge in [0.25, 0.3) is 0 Å². The summed E-state index contributed by atoms with van der Waals surface area (Å²) >= 11 is 1.61. The van der Waals surface area contributed by atoms with Crippen LogP contribution in [0.2, 0.25) is 0 Å². The molecule has 1 fully saturated rings. The van der Waals surface area contributed by atoms with Gasteiger partial charge in [-0.1, -0.05) is 0 Å². The quantitative estimate of drug-likeness (QED) is 0.859. The third-order valence-corrected chi connectivity index (χ3v) is 3.82. The predicted octanol–water partition coefficient (Wildman–Crippen LogP) is 1.92. The Morgan fingerprint density at radius 1 is 1.50 bits per heavy atom. The molecular formula is C10H15N3O2S. The van der Waals surface area contributed by atoms with Crippen LogP contribution >= 0.6 is 11.3 Å². The molecule has 2 rings (SSSR count). The van der Waals surface area contributed by atoms with Crippen molar-refractivity contribution in [3.63, 3.8) is 0 Å². The Labute approximate surface area is 98.2 Å². The van der Waals surface area contributed by atoms with E-state index >= 15 is 0 Å². The van der Waals surface area contributed by atoms with Gasteiger partial charge in [0.2, 0.25) is 0 Å². The molecule has 0 aliphatic heterocycles. The van der Waals surface area contributed by atoms with Crippen LogP contribution in [0.4, 0.5) is 4.79 Å². The van der Waals surface area contributed by atoms with Gasteiger partial charge in [0, 0.05) is 12.0 Å². The largest absolute Gasteiger partial charge is 0.453 e. The third kappa shape index (κ3) is 2.69. The summed E-state index contributed by atoms with van der Waals surface area (Å²) in [6.45, 7) is 0. The van der Waals surface area contributed by atoms with Gasteiger partial charge in [-0.3, -0.25) is 0 Å². The predicted molar refractivity (Wildman–Crippen MR) is 60.4 cm³/mol. The molecule has 88 valence electrons. The number of nitrogens with one attached hydrogen (secondary N) is 1. The minimum atomic E-state index is -0.334. The lowest BCUT2D eigenvalue weighted by atomic mass is 9.86. The molecule has 1 aliphatic rings. The van der Waals surface area contributed by atoms with E-state index < -0.39 is 0 Å². The molecular weight excluding hydrogens is 226 g/mol. The maximum atomic E-state index is 11.0. The van der Waals surface area contributed by atoms with Crippen molar-refractivity contribution in [3.8, 4) is 0 Å². The number of rotatable bonds is 2. The summed E-state index contributed by atoms with van der Waals surface area (Å²) in [5.41, 5.74) is 1.77. The van der Waals surface area contributed by atoms with E-state index in [-0.39, 0.29) is 12.1 Å². The first-order valence-corrected chi connectivity index (χ1v) is 6.28. The maximum absolute atomic E-state index is 11.0. The minimum absolute atomic E-state index is 0.247. The Morgan fingerprint density at radius 3 is 2.81 bits per heavy atom. The van der Waals surface area contributed by atoms with E-state index in [9.17, 15) is 4.79 Å². The monoisotopic (exact) mass is 241 g/mol. The molecule has 1 N–H and O–H groups in total. The van der Waals surface area contributed by atoms with Gasteiger partial charge < -0.3 is 10.1 Å². The second-order valence-electron chi connectivity index (χ2n) is 3.96. The number of hydrogen-bond acceptors (Lipinski definition) is 5. The highest BCUT2D eigenvalue weighted by molar-refractivity contribution is 7.09. The van der Waals surface area contributed by atoms with Crippen molar-refractivity contribution in [2.24, 2.45) is 0 Å². The van der Waals surface area contributed by atoms with Crippen LogP contribution in [0.1, 0.15) is 36.6 Å². The SMILES string of the molecule is COC(=O)N[C@H]1CC[C@@H](c2nncs2)CC1. The van der Waals surface area contributed by atoms with Crippen LogP contribution in [0.5, 0.6) is 0 Å². The van der Waals surface area contributed by atoms with Gasteiger partial charge in [-0.15, -0.1) is 21.5 Å². The lowest BCUT2D eigenvalue weighted by Crippen LogP contribution is -2.37. The van der Waals surface area contributed by atoms with Gasteiger partial charge in [-0.05, 0) is 25.7 Å². The summed E-state index contributed by atoms with van der Waals surface area (Å²) in [6.07, 6.45) is 3.76. The Hall–Kier alpha value is -1.17. The molecule has 1 heterocycles. The van der Waals surface area contributed by atoms with Crippen LogP contribution in [-0.4, -0.2) is 29.4 Å². The molecule has 1 aromatic rings. The molecule has 1 aromatic heterocycles. The molecule has 0 spiro atoms. The van der Waals surface area contributed by atoms with Crippen LogP contribution in [0, 0.1) is 0 Å². The summed E-state index contributed by atoms with van der Waals surface area (Å²) in [6, 6.07) is 0.247. The topological polar surface area (TPSA) is 64.1 Å². The molecule has 0 aromatic carbocycles. The molecule has 0 unspecified atom stereocenters. The van der Waals surface area contributed by atoms with E-state index in [0.29, 0.717) is 5.92 Å². The molecule has 0 bridgehead atoms. The van der Waals surface area contributed by atoms with Crippen molar-refractivity contribution < 1.29 is 9.53 Å². The fourth-order valence-corrected chi connectivity index (χ4v) is 2.79. The zero-order valence-corrected chi connectivity index (χ0v) is 10.00. The van der Waals surface area contributed by atoms with E-state index in [1.807, 2.05) is 0 Å². The fraction of sp³-hybridized carbons (Fsp3) is 0.700. The number of ether oxygens (including phenoxy) is 1. The first-order chi connectivity index (χ1) is 7.79. The highest BCUT2D eigenvalue weighted by Gasteiger charge is 2.25. The number of carbonyl (C=O) groups is 1. The molecule has 0 saturated heterocycles. The van der Waals surface area contributed by atoms with Crippen LogP contribution in [0.15, 0.2) is 5.51 Å². The standard InChI is InChI=1S/C10H15N3O2S/c1-15-10(14)12-8-4-2-7(3-5-8)9-13-11-6-16-9/h6-8H,2-5H2,1H3,(H,12,14)/t7-,8+. The van der Waals surface area contributed by atoms with Crippen LogP contribution < -0.4 is 5.32 Å². The Morgan fingerprint density at radius 2 is 2.25 bits per heavy atom. The van der Waals surface area contributed by atoms with Gasteiger partial charge in [0.15, 0.2) is 0 Å². The molecule has 16 heavy (non-hydrogen) atoms. The fourth-order valence-electron chi connectivity index (χ4n) is 2.07. The first kappa shape index (κ1) is 11.3. The molecule has 1 aliphatic carbocycles. The van der Waals surface area contributed by atoms with Crippen molar-refractivity contribution in [2.45, 2.75) is 37.6 Å². The minimum Gasteiger partial charge on any atom is -0.453 e. The lowest BCUT2D eigenvalue weighted by molar-refractivity contribution is 0.162. The number of nitrogens with zero attached hydrogens (tertiary/aromatic N) is 2. The Kier molecular flexibility index (Phi) is 3.71. The van der Waals surface area contributed by atoms with Crippen molar-refractivity contribution in [3.05, 3.63) is 10.5 Å². The molecule has 1 amide bonds. The maximum Gasteiger partial charge on any atom is 0.407 e. The number of aromatic nitrogens is 2. The van der Waals surface area contributed by atoms with Gasteiger partial charge in [-0.25, -0.2) is 4.79 Å². The summed E-state index contributed by atoms with van der Waals surface area (Å²) in [5.74, 6) is 0.517. The molecule has 1 saturated carbocycles.